The Balaban J connectivity index is 1.86. The Bertz CT molecular complexity index is 265. The Hall–Kier alpha value is -0.120. The highest BCUT2D eigenvalue weighted by Gasteiger charge is 2.44. The van der Waals surface area contributed by atoms with E-state index in [1.165, 1.54) is 38.5 Å². The number of hydrogen-bond donors (Lipinski definition) is 1. The maximum Gasteiger partial charge on any atom is 0.0685 e. The fourth-order valence-corrected chi connectivity index (χ4v) is 3.63. The third-order valence-electron chi connectivity index (χ3n) is 5.12. The van der Waals surface area contributed by atoms with Gasteiger partial charge in [0, 0.05) is 19.8 Å². The molecule has 0 bridgehead atoms. The summed E-state index contributed by atoms with van der Waals surface area (Å²) in [5.41, 5.74) is 0.267. The van der Waals surface area contributed by atoms with E-state index in [1.54, 1.807) is 0 Å². The van der Waals surface area contributed by atoms with E-state index in [0.29, 0.717) is 12.1 Å². The minimum Gasteiger partial charge on any atom is -0.382 e. The van der Waals surface area contributed by atoms with Crippen molar-refractivity contribution in [2.24, 2.45) is 5.92 Å². The van der Waals surface area contributed by atoms with Crippen LogP contribution in [-0.4, -0.2) is 38.0 Å². The molecular formula is C16H31NO2. The molecule has 112 valence electrons. The summed E-state index contributed by atoms with van der Waals surface area (Å²) in [6.45, 7) is 6.41. The fraction of sp³-hybridized carbons (Fsp3) is 1.00. The number of rotatable bonds is 7. The lowest BCUT2D eigenvalue weighted by Gasteiger charge is -2.49. The SMILES string of the molecule is CCNC(CCC(C)OC)C1CCOC2(CCC2)C1. The van der Waals surface area contributed by atoms with Crippen molar-refractivity contribution in [1.82, 2.24) is 5.32 Å². The second kappa shape index (κ2) is 7.05. The summed E-state index contributed by atoms with van der Waals surface area (Å²) in [6, 6.07) is 0.643. The molecule has 1 aliphatic carbocycles. The Morgan fingerprint density at radius 3 is 2.74 bits per heavy atom. The van der Waals surface area contributed by atoms with Gasteiger partial charge in [0.15, 0.2) is 0 Å². The molecule has 2 fully saturated rings. The molecule has 1 N–H and O–H groups in total. The Morgan fingerprint density at radius 1 is 1.37 bits per heavy atom. The first-order chi connectivity index (χ1) is 9.19. The smallest absolute Gasteiger partial charge is 0.0685 e. The summed E-state index contributed by atoms with van der Waals surface area (Å²) in [5.74, 6) is 0.790. The van der Waals surface area contributed by atoms with Crippen molar-refractivity contribution in [3.05, 3.63) is 0 Å². The van der Waals surface area contributed by atoms with Crippen molar-refractivity contribution in [1.29, 1.82) is 0 Å². The molecule has 3 atom stereocenters. The predicted octanol–water partition coefficient (Wildman–Crippen LogP) is 3.13. The Kier molecular flexibility index (Phi) is 5.67. The van der Waals surface area contributed by atoms with Crippen molar-refractivity contribution in [2.45, 2.75) is 76.5 Å². The van der Waals surface area contributed by atoms with Gasteiger partial charge >= 0.3 is 0 Å². The average Bonchev–Trinajstić information content (AvgIpc) is 2.41. The first-order valence-electron chi connectivity index (χ1n) is 8.09. The van der Waals surface area contributed by atoms with E-state index in [4.69, 9.17) is 9.47 Å². The molecule has 19 heavy (non-hydrogen) atoms. The van der Waals surface area contributed by atoms with Gasteiger partial charge in [-0.15, -0.1) is 0 Å². The molecule has 1 spiro atoms. The van der Waals surface area contributed by atoms with E-state index in [2.05, 4.69) is 19.2 Å². The van der Waals surface area contributed by atoms with Gasteiger partial charge in [0.1, 0.15) is 0 Å². The van der Waals surface area contributed by atoms with Crippen LogP contribution in [-0.2, 0) is 9.47 Å². The van der Waals surface area contributed by atoms with Gasteiger partial charge in [0.05, 0.1) is 11.7 Å². The van der Waals surface area contributed by atoms with Crippen molar-refractivity contribution in [2.75, 3.05) is 20.3 Å². The van der Waals surface area contributed by atoms with Gasteiger partial charge in [-0.05, 0) is 64.3 Å². The molecule has 2 aliphatic rings. The normalized spacial score (nSPS) is 28.9. The summed E-state index contributed by atoms with van der Waals surface area (Å²) >= 11 is 0. The zero-order valence-corrected chi connectivity index (χ0v) is 12.9. The number of ether oxygens (including phenoxy) is 2. The van der Waals surface area contributed by atoms with Crippen molar-refractivity contribution in [3.8, 4) is 0 Å². The first kappa shape index (κ1) is 15.3. The largest absolute Gasteiger partial charge is 0.382 e. The molecule has 0 radical (unpaired) electrons. The van der Waals surface area contributed by atoms with Crippen LogP contribution in [0, 0.1) is 5.92 Å². The third kappa shape index (κ3) is 3.93. The van der Waals surface area contributed by atoms with Gasteiger partial charge < -0.3 is 14.8 Å². The summed E-state index contributed by atoms with van der Waals surface area (Å²) in [5, 5.41) is 3.71. The standard InChI is InChI=1S/C16H31NO2/c1-4-17-15(7-6-13(2)18-3)14-8-11-19-16(12-14)9-5-10-16/h13-15,17H,4-12H2,1-3H3. The first-order valence-corrected chi connectivity index (χ1v) is 8.09. The van der Waals surface area contributed by atoms with Gasteiger partial charge in [0.25, 0.3) is 0 Å². The fourth-order valence-electron chi connectivity index (χ4n) is 3.63. The number of hydrogen-bond acceptors (Lipinski definition) is 3. The van der Waals surface area contributed by atoms with Crippen LogP contribution in [0.2, 0.25) is 0 Å². The van der Waals surface area contributed by atoms with Crippen molar-refractivity contribution >= 4 is 0 Å². The number of methoxy groups -OCH3 is 1. The van der Waals surface area contributed by atoms with Gasteiger partial charge in [0.2, 0.25) is 0 Å². The van der Waals surface area contributed by atoms with Crippen LogP contribution in [0.25, 0.3) is 0 Å². The molecular weight excluding hydrogens is 238 g/mol. The second-order valence-corrected chi connectivity index (χ2v) is 6.43. The van der Waals surface area contributed by atoms with E-state index in [-0.39, 0.29) is 5.60 Å². The molecule has 1 aliphatic heterocycles. The maximum atomic E-state index is 6.05. The van der Waals surface area contributed by atoms with E-state index < -0.39 is 0 Å². The highest BCUT2D eigenvalue weighted by atomic mass is 16.5. The summed E-state index contributed by atoms with van der Waals surface area (Å²) in [6.07, 6.45) is 9.18. The van der Waals surface area contributed by atoms with Crippen LogP contribution in [0.15, 0.2) is 0 Å². The van der Waals surface area contributed by atoms with Gasteiger partial charge in [-0.25, -0.2) is 0 Å². The Labute approximate surface area is 118 Å². The predicted molar refractivity (Wildman–Crippen MR) is 78.4 cm³/mol. The monoisotopic (exact) mass is 269 g/mol. The minimum absolute atomic E-state index is 0.267. The minimum atomic E-state index is 0.267. The molecule has 3 unspecified atom stereocenters. The Morgan fingerprint density at radius 2 is 2.16 bits per heavy atom. The molecule has 3 nitrogen and oxygen atoms in total. The molecule has 0 aromatic carbocycles. The van der Waals surface area contributed by atoms with Crippen LogP contribution in [0.4, 0.5) is 0 Å². The van der Waals surface area contributed by atoms with Crippen LogP contribution >= 0.6 is 0 Å². The van der Waals surface area contributed by atoms with Crippen LogP contribution in [0.3, 0.4) is 0 Å². The van der Waals surface area contributed by atoms with E-state index in [1.807, 2.05) is 7.11 Å². The lowest BCUT2D eigenvalue weighted by molar-refractivity contribution is -0.147. The molecule has 0 aromatic rings. The zero-order chi connectivity index (χ0) is 13.7. The molecule has 3 heteroatoms. The highest BCUT2D eigenvalue weighted by Crippen LogP contribution is 2.45. The molecule has 0 aromatic heterocycles. The highest BCUT2D eigenvalue weighted by molar-refractivity contribution is 4.96. The van der Waals surface area contributed by atoms with Gasteiger partial charge in [-0.1, -0.05) is 6.92 Å². The number of nitrogens with one attached hydrogen (secondary N) is 1. The van der Waals surface area contributed by atoms with Crippen LogP contribution < -0.4 is 5.32 Å². The summed E-state index contributed by atoms with van der Waals surface area (Å²) in [4.78, 5) is 0. The topological polar surface area (TPSA) is 30.5 Å². The van der Waals surface area contributed by atoms with Gasteiger partial charge in [-0.2, -0.15) is 0 Å². The zero-order valence-electron chi connectivity index (χ0n) is 12.9. The molecule has 2 rings (SSSR count). The lowest BCUT2D eigenvalue weighted by Crippen LogP contribution is -2.50. The molecule has 0 amide bonds. The molecule has 1 saturated heterocycles. The second-order valence-electron chi connectivity index (χ2n) is 6.43. The van der Waals surface area contributed by atoms with Crippen molar-refractivity contribution < 1.29 is 9.47 Å². The molecule has 1 heterocycles. The van der Waals surface area contributed by atoms with E-state index >= 15 is 0 Å². The van der Waals surface area contributed by atoms with Crippen molar-refractivity contribution in [3.63, 3.8) is 0 Å². The van der Waals surface area contributed by atoms with E-state index in [0.717, 1.165) is 25.5 Å². The van der Waals surface area contributed by atoms with E-state index in [9.17, 15) is 0 Å². The summed E-state index contributed by atoms with van der Waals surface area (Å²) < 4.78 is 11.4. The maximum absolute atomic E-state index is 6.05. The third-order valence-corrected chi connectivity index (χ3v) is 5.12. The van der Waals surface area contributed by atoms with Crippen LogP contribution in [0.1, 0.15) is 58.8 Å². The quantitative estimate of drug-likeness (QED) is 0.770. The lowest BCUT2D eigenvalue weighted by atomic mass is 9.70. The molecule has 1 saturated carbocycles. The summed E-state index contributed by atoms with van der Waals surface area (Å²) in [7, 11) is 1.81. The average molecular weight is 269 g/mol. The van der Waals surface area contributed by atoms with Gasteiger partial charge in [-0.3, -0.25) is 0 Å². The van der Waals surface area contributed by atoms with Crippen LogP contribution in [0.5, 0.6) is 0 Å².